The molecule has 0 radical (unpaired) electrons. The van der Waals surface area contributed by atoms with Crippen LogP contribution in [0.25, 0.3) is 5.65 Å². The van der Waals surface area contributed by atoms with Crippen molar-refractivity contribution in [1.82, 2.24) is 19.8 Å². The summed E-state index contributed by atoms with van der Waals surface area (Å²) < 4.78 is 6.85. The van der Waals surface area contributed by atoms with Crippen molar-refractivity contribution in [2.24, 2.45) is 0 Å². The third-order valence-corrected chi connectivity index (χ3v) is 4.48. The first kappa shape index (κ1) is 15.5. The van der Waals surface area contributed by atoms with E-state index in [1.807, 2.05) is 35.7 Å². The highest BCUT2D eigenvalue weighted by Gasteiger charge is 2.22. The number of hydrogen-bond donors (Lipinski definition) is 1. The summed E-state index contributed by atoms with van der Waals surface area (Å²) in [6, 6.07) is 7.39. The van der Waals surface area contributed by atoms with E-state index in [0.29, 0.717) is 16.7 Å². The number of hydrogen-bond acceptors (Lipinski definition) is 6. The average molecular weight is 331 g/mol. The molecule has 0 bridgehead atoms. The lowest BCUT2D eigenvalue weighted by molar-refractivity contribution is -0.115. The number of aromatic nitrogens is 4. The Morgan fingerprint density at radius 3 is 3.04 bits per heavy atom. The quantitative estimate of drug-likeness (QED) is 0.699. The lowest BCUT2D eigenvalue weighted by Gasteiger charge is -2.13. The maximum Gasteiger partial charge on any atom is 0.239 e. The molecule has 1 amide bonds. The summed E-state index contributed by atoms with van der Waals surface area (Å²) in [4.78, 5) is 12.5. The van der Waals surface area contributed by atoms with Gasteiger partial charge in [0, 0.05) is 12.3 Å². The van der Waals surface area contributed by atoms with Crippen molar-refractivity contribution in [2.75, 3.05) is 5.32 Å². The van der Waals surface area contributed by atoms with Crippen molar-refractivity contribution in [3.05, 3.63) is 36.2 Å². The van der Waals surface area contributed by atoms with Crippen LogP contribution in [0.4, 0.5) is 5.82 Å². The number of nitrogens with one attached hydrogen (secondary N) is 1. The number of amides is 1. The summed E-state index contributed by atoms with van der Waals surface area (Å²) in [6.07, 6.45) is 3.51. The number of rotatable bonds is 6. The molecule has 3 aromatic rings. The van der Waals surface area contributed by atoms with Crippen molar-refractivity contribution in [1.29, 1.82) is 0 Å². The minimum absolute atomic E-state index is 0.113. The van der Waals surface area contributed by atoms with Crippen LogP contribution >= 0.6 is 11.8 Å². The number of pyridine rings is 1. The SMILES string of the molecule is CCCC(Sc1nnc2ccccn12)C(=O)Nc1cc(C)on1. The predicted molar refractivity (Wildman–Crippen MR) is 87.4 cm³/mol. The van der Waals surface area contributed by atoms with Gasteiger partial charge in [-0.2, -0.15) is 0 Å². The molecule has 3 rings (SSSR count). The Balaban J connectivity index is 1.76. The molecule has 8 heteroatoms. The number of anilines is 1. The fraction of sp³-hybridized carbons (Fsp3) is 0.333. The highest BCUT2D eigenvalue weighted by molar-refractivity contribution is 8.00. The molecule has 7 nitrogen and oxygen atoms in total. The minimum atomic E-state index is -0.274. The summed E-state index contributed by atoms with van der Waals surface area (Å²) in [5.74, 6) is 0.974. The molecule has 3 aromatic heterocycles. The van der Waals surface area contributed by atoms with Gasteiger partial charge in [0.15, 0.2) is 16.6 Å². The molecule has 23 heavy (non-hydrogen) atoms. The molecular weight excluding hydrogens is 314 g/mol. The van der Waals surface area contributed by atoms with Gasteiger partial charge in [0.25, 0.3) is 0 Å². The van der Waals surface area contributed by atoms with E-state index in [9.17, 15) is 4.79 Å². The number of nitrogens with zero attached hydrogens (tertiary/aromatic N) is 4. The van der Waals surface area contributed by atoms with Crippen LogP contribution in [-0.2, 0) is 4.79 Å². The minimum Gasteiger partial charge on any atom is -0.360 e. The zero-order valence-corrected chi connectivity index (χ0v) is 13.7. The van der Waals surface area contributed by atoms with E-state index in [1.165, 1.54) is 11.8 Å². The molecule has 1 unspecified atom stereocenters. The highest BCUT2D eigenvalue weighted by atomic mass is 32.2. The summed E-state index contributed by atoms with van der Waals surface area (Å²) in [5, 5.41) is 15.3. The van der Waals surface area contributed by atoms with Crippen LogP contribution in [0.1, 0.15) is 25.5 Å². The van der Waals surface area contributed by atoms with Gasteiger partial charge >= 0.3 is 0 Å². The topological polar surface area (TPSA) is 85.3 Å². The van der Waals surface area contributed by atoms with Gasteiger partial charge in [0.05, 0.1) is 5.25 Å². The van der Waals surface area contributed by atoms with Crippen LogP contribution in [-0.4, -0.2) is 30.9 Å². The third kappa shape index (κ3) is 3.53. The summed E-state index contributed by atoms with van der Waals surface area (Å²) in [5.41, 5.74) is 0.762. The van der Waals surface area contributed by atoms with E-state index in [1.54, 1.807) is 13.0 Å². The fourth-order valence-electron chi connectivity index (χ4n) is 2.16. The first-order valence-electron chi connectivity index (χ1n) is 7.38. The monoisotopic (exact) mass is 331 g/mol. The second-order valence-corrected chi connectivity index (χ2v) is 6.29. The van der Waals surface area contributed by atoms with Crippen molar-refractivity contribution in [3.63, 3.8) is 0 Å². The Hall–Kier alpha value is -2.35. The first-order chi connectivity index (χ1) is 11.2. The van der Waals surface area contributed by atoms with E-state index in [-0.39, 0.29) is 11.2 Å². The molecule has 0 saturated heterocycles. The molecule has 0 aliphatic rings. The van der Waals surface area contributed by atoms with Crippen molar-refractivity contribution in [3.8, 4) is 0 Å². The third-order valence-electron chi connectivity index (χ3n) is 3.25. The molecule has 120 valence electrons. The largest absolute Gasteiger partial charge is 0.360 e. The molecule has 3 heterocycles. The zero-order chi connectivity index (χ0) is 16.2. The molecule has 0 saturated carbocycles. The van der Waals surface area contributed by atoms with Crippen molar-refractivity contribution < 1.29 is 9.32 Å². The Bertz CT molecular complexity index is 813. The summed E-state index contributed by atoms with van der Waals surface area (Å²) >= 11 is 1.40. The second kappa shape index (κ2) is 6.82. The van der Waals surface area contributed by atoms with Crippen molar-refractivity contribution in [2.45, 2.75) is 37.1 Å². The Morgan fingerprint density at radius 1 is 1.43 bits per heavy atom. The molecule has 0 aromatic carbocycles. The molecule has 1 atom stereocenters. The summed E-state index contributed by atoms with van der Waals surface area (Å²) in [7, 11) is 0. The Labute approximate surface area is 137 Å². The Morgan fingerprint density at radius 2 is 2.30 bits per heavy atom. The van der Waals surface area contributed by atoms with E-state index in [0.717, 1.165) is 18.5 Å². The standard InChI is InChI=1S/C15H17N5O2S/c1-3-6-11(14(21)16-12-9-10(2)22-19-12)23-15-18-17-13-7-4-5-8-20(13)15/h4-5,7-9,11H,3,6H2,1-2H3,(H,16,19,21). The van der Waals surface area contributed by atoms with E-state index < -0.39 is 0 Å². The predicted octanol–water partition coefficient (Wildman–Crippen LogP) is 2.93. The molecular formula is C15H17N5O2S. The van der Waals surface area contributed by atoms with Gasteiger partial charge in [-0.25, -0.2) is 0 Å². The smallest absolute Gasteiger partial charge is 0.239 e. The van der Waals surface area contributed by atoms with Gasteiger partial charge in [0.1, 0.15) is 5.76 Å². The average Bonchev–Trinajstić information content (AvgIpc) is 3.13. The van der Waals surface area contributed by atoms with Crippen LogP contribution in [0, 0.1) is 6.92 Å². The van der Waals surface area contributed by atoms with Crippen LogP contribution in [0.5, 0.6) is 0 Å². The van der Waals surface area contributed by atoms with Crippen molar-refractivity contribution >= 4 is 29.1 Å². The molecule has 1 N–H and O–H groups in total. The van der Waals surface area contributed by atoms with Gasteiger partial charge in [-0.05, 0) is 25.5 Å². The van der Waals surface area contributed by atoms with Crippen LogP contribution < -0.4 is 5.32 Å². The lowest BCUT2D eigenvalue weighted by atomic mass is 10.2. The number of carbonyl (C=O) groups excluding carboxylic acids is 1. The number of fused-ring (bicyclic) bond motifs is 1. The van der Waals surface area contributed by atoms with Crippen LogP contribution in [0.15, 0.2) is 40.1 Å². The molecule has 0 aliphatic heterocycles. The van der Waals surface area contributed by atoms with Gasteiger partial charge in [0.2, 0.25) is 5.91 Å². The highest BCUT2D eigenvalue weighted by Crippen LogP contribution is 2.26. The number of thioether (sulfide) groups is 1. The Kier molecular flexibility index (Phi) is 4.61. The van der Waals surface area contributed by atoms with E-state index >= 15 is 0 Å². The van der Waals surface area contributed by atoms with E-state index in [4.69, 9.17) is 4.52 Å². The van der Waals surface area contributed by atoms with Gasteiger partial charge in [-0.1, -0.05) is 36.3 Å². The molecule has 0 fully saturated rings. The van der Waals surface area contributed by atoms with E-state index in [2.05, 4.69) is 20.7 Å². The number of aryl methyl sites for hydroxylation is 1. The first-order valence-corrected chi connectivity index (χ1v) is 8.26. The molecule has 0 spiro atoms. The van der Waals surface area contributed by atoms with Gasteiger partial charge in [-0.3, -0.25) is 9.20 Å². The lowest BCUT2D eigenvalue weighted by Crippen LogP contribution is -2.25. The second-order valence-electron chi connectivity index (χ2n) is 5.12. The summed E-state index contributed by atoms with van der Waals surface area (Å²) in [6.45, 7) is 3.83. The fourth-order valence-corrected chi connectivity index (χ4v) is 3.29. The normalized spacial score (nSPS) is 12.4. The molecule has 0 aliphatic carbocycles. The maximum atomic E-state index is 12.5. The van der Waals surface area contributed by atoms with Gasteiger partial charge < -0.3 is 9.84 Å². The zero-order valence-electron chi connectivity index (χ0n) is 12.9. The maximum absolute atomic E-state index is 12.5. The van der Waals surface area contributed by atoms with Crippen LogP contribution in [0.2, 0.25) is 0 Å². The van der Waals surface area contributed by atoms with Gasteiger partial charge in [-0.15, -0.1) is 10.2 Å². The number of carbonyl (C=O) groups is 1. The van der Waals surface area contributed by atoms with Crippen LogP contribution in [0.3, 0.4) is 0 Å².